The van der Waals surface area contributed by atoms with Gasteiger partial charge in [-0.2, -0.15) is 0 Å². The molecule has 0 spiro atoms. The van der Waals surface area contributed by atoms with Crippen LogP contribution in [0.3, 0.4) is 0 Å². The monoisotopic (exact) mass is 271 g/mol. The molecule has 2 unspecified atom stereocenters. The van der Waals surface area contributed by atoms with Crippen LogP contribution in [0.4, 0.5) is 5.69 Å². The number of nitrogens with one attached hydrogen (secondary N) is 1. The average molecular weight is 271 g/mol. The second-order valence-corrected chi connectivity index (χ2v) is 6.28. The first-order chi connectivity index (χ1) is 9.69. The van der Waals surface area contributed by atoms with Crippen LogP contribution in [0.15, 0.2) is 22.6 Å². The van der Waals surface area contributed by atoms with E-state index in [9.17, 15) is 0 Å². The third-order valence-electron chi connectivity index (χ3n) is 4.96. The number of aryl methyl sites for hydroxylation is 1. The summed E-state index contributed by atoms with van der Waals surface area (Å²) in [6.07, 6.45) is 5.23. The van der Waals surface area contributed by atoms with Crippen molar-refractivity contribution in [2.24, 2.45) is 0 Å². The van der Waals surface area contributed by atoms with Crippen LogP contribution in [-0.2, 0) is 0 Å². The third-order valence-corrected chi connectivity index (χ3v) is 4.96. The fourth-order valence-electron chi connectivity index (χ4n) is 3.90. The summed E-state index contributed by atoms with van der Waals surface area (Å²) in [6, 6.07) is 8.35. The SMILES string of the molecule is Cc1nc2cc(NC3CC4CCC(C3)N4C)ccc2o1. The Labute approximate surface area is 119 Å². The lowest BCUT2D eigenvalue weighted by Crippen LogP contribution is -2.44. The summed E-state index contributed by atoms with van der Waals surface area (Å²) >= 11 is 0. The molecule has 1 N–H and O–H groups in total. The lowest BCUT2D eigenvalue weighted by Gasteiger charge is -2.37. The number of piperidine rings is 1. The molecule has 20 heavy (non-hydrogen) atoms. The Hall–Kier alpha value is -1.55. The Kier molecular flexibility index (Phi) is 2.74. The molecule has 4 rings (SSSR count). The van der Waals surface area contributed by atoms with Crippen molar-refractivity contribution in [2.45, 2.75) is 50.7 Å². The number of rotatable bonds is 2. The third kappa shape index (κ3) is 1.99. The van der Waals surface area contributed by atoms with Gasteiger partial charge in [0.2, 0.25) is 0 Å². The Bertz CT molecular complexity index is 622. The standard InChI is InChI=1S/C16H21N3O/c1-10-17-15-9-11(3-6-16(15)20-10)18-12-7-13-4-5-14(8-12)19(13)2/h3,6,9,12-14,18H,4-5,7-8H2,1-2H3. The maximum Gasteiger partial charge on any atom is 0.192 e. The summed E-state index contributed by atoms with van der Waals surface area (Å²) < 4.78 is 5.53. The number of nitrogens with zero attached hydrogens (tertiary/aromatic N) is 2. The molecule has 0 aliphatic carbocycles. The van der Waals surface area contributed by atoms with Gasteiger partial charge in [-0.3, -0.25) is 0 Å². The molecule has 2 aliphatic rings. The molecule has 2 aromatic rings. The van der Waals surface area contributed by atoms with Crippen molar-refractivity contribution in [2.75, 3.05) is 12.4 Å². The maximum atomic E-state index is 5.53. The Morgan fingerprint density at radius 2 is 2.00 bits per heavy atom. The molecule has 2 atom stereocenters. The van der Waals surface area contributed by atoms with E-state index < -0.39 is 0 Å². The van der Waals surface area contributed by atoms with Crippen molar-refractivity contribution in [3.05, 3.63) is 24.1 Å². The zero-order valence-electron chi connectivity index (χ0n) is 12.1. The number of hydrogen-bond acceptors (Lipinski definition) is 4. The molecule has 2 saturated heterocycles. The predicted octanol–water partition coefficient (Wildman–Crippen LogP) is 3.17. The minimum atomic E-state index is 0.592. The second kappa shape index (κ2) is 4.48. The van der Waals surface area contributed by atoms with Gasteiger partial charge in [0.25, 0.3) is 0 Å². The maximum absolute atomic E-state index is 5.53. The first kappa shape index (κ1) is 12.2. The van der Waals surface area contributed by atoms with Gasteiger partial charge < -0.3 is 14.6 Å². The highest BCUT2D eigenvalue weighted by Gasteiger charge is 2.38. The summed E-state index contributed by atoms with van der Waals surface area (Å²) in [7, 11) is 2.28. The summed E-state index contributed by atoms with van der Waals surface area (Å²) in [5.41, 5.74) is 2.99. The summed E-state index contributed by atoms with van der Waals surface area (Å²) in [4.78, 5) is 6.98. The fourth-order valence-corrected chi connectivity index (χ4v) is 3.90. The molecule has 1 aromatic carbocycles. The topological polar surface area (TPSA) is 41.3 Å². The summed E-state index contributed by atoms with van der Waals surface area (Å²) in [5, 5.41) is 3.70. The van der Waals surface area contributed by atoms with Crippen LogP contribution in [0, 0.1) is 6.92 Å². The van der Waals surface area contributed by atoms with Crippen LogP contribution in [0.25, 0.3) is 11.1 Å². The normalized spacial score (nSPS) is 30.0. The quantitative estimate of drug-likeness (QED) is 0.911. The largest absolute Gasteiger partial charge is 0.441 e. The van der Waals surface area contributed by atoms with Crippen LogP contribution in [0.5, 0.6) is 0 Å². The lowest BCUT2D eigenvalue weighted by molar-refractivity contribution is 0.169. The van der Waals surface area contributed by atoms with Crippen molar-refractivity contribution in [1.29, 1.82) is 0 Å². The summed E-state index contributed by atoms with van der Waals surface area (Å²) in [6.45, 7) is 1.89. The van der Waals surface area contributed by atoms with Crippen molar-refractivity contribution >= 4 is 16.8 Å². The zero-order valence-corrected chi connectivity index (χ0v) is 12.1. The molecule has 2 aliphatic heterocycles. The number of hydrogen-bond donors (Lipinski definition) is 1. The van der Waals surface area contributed by atoms with E-state index in [0.717, 1.165) is 29.1 Å². The average Bonchev–Trinajstić information content (AvgIpc) is 2.85. The smallest absolute Gasteiger partial charge is 0.192 e. The van der Waals surface area contributed by atoms with E-state index in [1.807, 2.05) is 13.0 Å². The van der Waals surface area contributed by atoms with Gasteiger partial charge in [-0.15, -0.1) is 0 Å². The van der Waals surface area contributed by atoms with E-state index in [1.54, 1.807) is 0 Å². The van der Waals surface area contributed by atoms with E-state index in [0.29, 0.717) is 6.04 Å². The van der Waals surface area contributed by atoms with Crippen LogP contribution < -0.4 is 5.32 Å². The number of oxazole rings is 1. The fraction of sp³-hybridized carbons (Fsp3) is 0.562. The minimum absolute atomic E-state index is 0.592. The van der Waals surface area contributed by atoms with Gasteiger partial charge in [-0.25, -0.2) is 4.98 Å². The first-order valence-electron chi connectivity index (χ1n) is 7.55. The molecule has 0 amide bonds. The highest BCUT2D eigenvalue weighted by molar-refractivity contribution is 5.77. The Balaban J connectivity index is 1.53. The molecule has 0 radical (unpaired) electrons. The summed E-state index contributed by atoms with van der Waals surface area (Å²) in [5.74, 6) is 0.731. The molecule has 2 bridgehead atoms. The first-order valence-corrected chi connectivity index (χ1v) is 7.55. The number of anilines is 1. The van der Waals surface area contributed by atoms with Gasteiger partial charge in [-0.05, 0) is 50.9 Å². The Morgan fingerprint density at radius 3 is 2.75 bits per heavy atom. The van der Waals surface area contributed by atoms with E-state index in [4.69, 9.17) is 4.42 Å². The Morgan fingerprint density at radius 1 is 1.25 bits per heavy atom. The van der Waals surface area contributed by atoms with Crippen LogP contribution in [-0.4, -0.2) is 35.1 Å². The second-order valence-electron chi connectivity index (χ2n) is 6.28. The van der Waals surface area contributed by atoms with Gasteiger partial charge in [-0.1, -0.05) is 0 Å². The van der Waals surface area contributed by atoms with E-state index in [2.05, 4.69) is 34.4 Å². The molecular weight excluding hydrogens is 250 g/mol. The van der Waals surface area contributed by atoms with Crippen molar-refractivity contribution in [1.82, 2.24) is 9.88 Å². The highest BCUT2D eigenvalue weighted by Crippen LogP contribution is 2.35. The number of aromatic nitrogens is 1. The van der Waals surface area contributed by atoms with Crippen molar-refractivity contribution < 1.29 is 4.42 Å². The van der Waals surface area contributed by atoms with Crippen LogP contribution in [0.2, 0.25) is 0 Å². The van der Waals surface area contributed by atoms with Gasteiger partial charge in [0.05, 0.1) is 0 Å². The highest BCUT2D eigenvalue weighted by atomic mass is 16.3. The predicted molar refractivity (Wildman–Crippen MR) is 80.0 cm³/mol. The van der Waals surface area contributed by atoms with E-state index in [1.165, 1.54) is 31.4 Å². The van der Waals surface area contributed by atoms with Gasteiger partial charge in [0.15, 0.2) is 11.5 Å². The number of fused-ring (bicyclic) bond motifs is 3. The molecule has 1 aromatic heterocycles. The molecule has 3 heterocycles. The molecule has 0 saturated carbocycles. The zero-order chi connectivity index (χ0) is 13.7. The van der Waals surface area contributed by atoms with Crippen molar-refractivity contribution in [3.63, 3.8) is 0 Å². The minimum Gasteiger partial charge on any atom is -0.441 e. The van der Waals surface area contributed by atoms with Crippen molar-refractivity contribution in [3.8, 4) is 0 Å². The van der Waals surface area contributed by atoms with Gasteiger partial charge in [0, 0.05) is 30.7 Å². The van der Waals surface area contributed by atoms with E-state index in [-0.39, 0.29) is 0 Å². The number of benzene rings is 1. The molecular formula is C16H21N3O. The van der Waals surface area contributed by atoms with Gasteiger partial charge in [0.1, 0.15) is 5.52 Å². The molecule has 4 nitrogen and oxygen atoms in total. The molecule has 106 valence electrons. The lowest BCUT2D eigenvalue weighted by atomic mass is 9.98. The van der Waals surface area contributed by atoms with Gasteiger partial charge >= 0.3 is 0 Å². The molecule has 2 fully saturated rings. The van der Waals surface area contributed by atoms with E-state index >= 15 is 0 Å². The van der Waals surface area contributed by atoms with Crippen LogP contribution >= 0.6 is 0 Å². The van der Waals surface area contributed by atoms with Crippen LogP contribution in [0.1, 0.15) is 31.6 Å². The molecule has 4 heteroatoms.